The summed E-state index contributed by atoms with van der Waals surface area (Å²) in [4.78, 5) is 26.7. The molecular weight excluding hydrogens is 328 g/mol. The zero-order valence-electron chi connectivity index (χ0n) is 13.0. The first kappa shape index (κ1) is 17.5. The molecule has 0 radical (unpaired) electrons. The second-order valence-corrected chi connectivity index (χ2v) is 5.78. The minimum absolute atomic E-state index is 0.196. The number of carboxylic acids is 1. The minimum atomic E-state index is -0.999. The van der Waals surface area contributed by atoms with E-state index in [-0.39, 0.29) is 11.5 Å². The van der Waals surface area contributed by atoms with Crippen molar-refractivity contribution in [2.75, 3.05) is 6.54 Å². The number of thiazole rings is 1. The maximum Gasteiger partial charge on any atom is 0.407 e. The van der Waals surface area contributed by atoms with Crippen molar-refractivity contribution in [3.63, 3.8) is 0 Å². The minimum Gasteiger partial charge on any atom is -0.477 e. The van der Waals surface area contributed by atoms with Gasteiger partial charge in [-0.05, 0) is 18.4 Å². The van der Waals surface area contributed by atoms with Gasteiger partial charge in [-0.3, -0.25) is 0 Å². The number of carboxylic acid groups (broad SMARTS) is 1. The number of carbonyl (C=O) groups is 2. The Morgan fingerprint density at radius 1 is 1.33 bits per heavy atom. The number of carbonyl (C=O) groups excluding carboxylic acids is 1. The molecule has 0 aliphatic heterocycles. The smallest absolute Gasteiger partial charge is 0.407 e. The van der Waals surface area contributed by atoms with E-state index in [4.69, 9.17) is 9.84 Å². The highest BCUT2D eigenvalue weighted by Gasteiger charge is 2.12. The average molecular weight is 344 g/mol. The summed E-state index contributed by atoms with van der Waals surface area (Å²) in [6, 6.07) is 9.40. The van der Waals surface area contributed by atoms with Crippen molar-refractivity contribution in [1.29, 1.82) is 0 Å². The molecule has 7 heteroatoms. The number of rotatable bonds is 5. The van der Waals surface area contributed by atoms with Gasteiger partial charge in [-0.15, -0.1) is 0 Å². The summed E-state index contributed by atoms with van der Waals surface area (Å²) in [6.07, 6.45) is -0.0829. The van der Waals surface area contributed by atoms with E-state index in [1.54, 1.807) is 6.92 Å². The van der Waals surface area contributed by atoms with E-state index >= 15 is 0 Å². The van der Waals surface area contributed by atoms with Gasteiger partial charge in [-0.1, -0.05) is 47.6 Å². The summed E-state index contributed by atoms with van der Waals surface area (Å²) in [5.74, 6) is 4.64. The molecule has 0 aliphatic carbocycles. The molecule has 0 spiro atoms. The molecule has 0 bridgehead atoms. The van der Waals surface area contributed by atoms with Crippen molar-refractivity contribution in [1.82, 2.24) is 10.3 Å². The number of alkyl carbamates (subject to hydrolysis) is 1. The van der Waals surface area contributed by atoms with E-state index < -0.39 is 12.1 Å². The lowest BCUT2D eigenvalue weighted by molar-refractivity contribution is 0.0701. The van der Waals surface area contributed by atoms with Gasteiger partial charge >= 0.3 is 12.1 Å². The van der Waals surface area contributed by atoms with Crippen molar-refractivity contribution >= 4 is 23.4 Å². The Bertz CT molecular complexity index is 775. The molecule has 124 valence electrons. The zero-order valence-corrected chi connectivity index (χ0v) is 13.9. The van der Waals surface area contributed by atoms with Crippen LogP contribution >= 0.6 is 11.3 Å². The molecular formula is C17H16N2O4S. The number of aryl methyl sites for hydroxylation is 1. The van der Waals surface area contributed by atoms with Crippen molar-refractivity contribution in [3.8, 4) is 11.8 Å². The van der Waals surface area contributed by atoms with Crippen molar-refractivity contribution < 1.29 is 19.4 Å². The molecule has 0 atom stereocenters. The summed E-state index contributed by atoms with van der Waals surface area (Å²) in [7, 11) is 0. The van der Waals surface area contributed by atoms with Gasteiger partial charge in [-0.25, -0.2) is 14.6 Å². The topological polar surface area (TPSA) is 88.5 Å². The molecule has 1 aromatic heterocycles. The molecule has 2 aromatic rings. The normalized spacial score (nSPS) is 9.71. The Morgan fingerprint density at radius 2 is 2.08 bits per heavy atom. The standard InChI is InChI=1S/C17H16N2O4S/c1-12-15(16(20)21)24-14(19-12)9-5-6-10-18-17(22)23-11-13-7-3-2-4-8-13/h2-4,7-8H,6,10-11H2,1H3,(H,18,22)(H,20,21). The van der Waals surface area contributed by atoms with Gasteiger partial charge in [0.05, 0.1) is 5.69 Å². The van der Waals surface area contributed by atoms with Gasteiger partial charge in [0, 0.05) is 13.0 Å². The molecule has 2 N–H and O–H groups in total. The van der Waals surface area contributed by atoms with Crippen LogP contribution in [-0.2, 0) is 11.3 Å². The SMILES string of the molecule is Cc1nc(C#CCCNC(=O)OCc2ccccc2)sc1C(=O)O. The molecule has 0 saturated heterocycles. The summed E-state index contributed by atoms with van der Waals surface area (Å²) in [5, 5.41) is 12.0. The lowest BCUT2D eigenvalue weighted by atomic mass is 10.2. The van der Waals surface area contributed by atoms with Crippen LogP contribution in [0.2, 0.25) is 0 Å². The van der Waals surface area contributed by atoms with Crippen LogP contribution in [0.25, 0.3) is 0 Å². The highest BCUT2D eigenvalue weighted by atomic mass is 32.1. The largest absolute Gasteiger partial charge is 0.477 e. The van der Waals surface area contributed by atoms with Crippen molar-refractivity contribution in [2.24, 2.45) is 0 Å². The average Bonchev–Trinajstić information content (AvgIpc) is 2.94. The van der Waals surface area contributed by atoms with Gasteiger partial charge in [0.2, 0.25) is 0 Å². The van der Waals surface area contributed by atoms with E-state index in [1.165, 1.54) is 0 Å². The number of amides is 1. The van der Waals surface area contributed by atoms with E-state index in [9.17, 15) is 9.59 Å². The van der Waals surface area contributed by atoms with Crippen molar-refractivity contribution in [2.45, 2.75) is 20.0 Å². The fraction of sp³-hybridized carbons (Fsp3) is 0.235. The van der Waals surface area contributed by atoms with E-state index in [0.717, 1.165) is 16.9 Å². The van der Waals surface area contributed by atoms with Crippen LogP contribution in [0.4, 0.5) is 4.79 Å². The zero-order chi connectivity index (χ0) is 17.4. The van der Waals surface area contributed by atoms with Gasteiger partial charge in [0.1, 0.15) is 11.5 Å². The molecule has 6 nitrogen and oxygen atoms in total. The first-order chi connectivity index (χ1) is 11.6. The van der Waals surface area contributed by atoms with E-state index in [1.807, 2.05) is 30.3 Å². The van der Waals surface area contributed by atoms with Gasteiger partial charge in [-0.2, -0.15) is 0 Å². The maximum absolute atomic E-state index is 11.5. The monoisotopic (exact) mass is 344 g/mol. The molecule has 0 saturated carbocycles. The Labute approximate surface area is 143 Å². The quantitative estimate of drug-likeness (QED) is 0.643. The first-order valence-electron chi connectivity index (χ1n) is 7.20. The fourth-order valence-corrected chi connectivity index (χ4v) is 2.57. The number of benzene rings is 1. The van der Waals surface area contributed by atoms with Crippen LogP contribution < -0.4 is 5.32 Å². The second kappa shape index (κ2) is 8.70. The molecule has 1 heterocycles. The van der Waals surface area contributed by atoms with Crippen LogP contribution in [0, 0.1) is 18.8 Å². The van der Waals surface area contributed by atoms with Crippen LogP contribution in [0.1, 0.15) is 32.4 Å². The summed E-state index contributed by atoms with van der Waals surface area (Å²) in [5.41, 5.74) is 1.38. The van der Waals surface area contributed by atoms with Gasteiger partial charge in [0.15, 0.2) is 5.01 Å². The lowest BCUT2D eigenvalue weighted by Gasteiger charge is -2.05. The van der Waals surface area contributed by atoms with Gasteiger partial charge in [0.25, 0.3) is 0 Å². The first-order valence-corrected chi connectivity index (χ1v) is 8.02. The van der Waals surface area contributed by atoms with Crippen LogP contribution in [0.15, 0.2) is 30.3 Å². The number of nitrogens with zero attached hydrogens (tertiary/aromatic N) is 1. The predicted octanol–water partition coefficient (Wildman–Crippen LogP) is 2.82. The molecule has 1 aromatic carbocycles. The number of aromatic nitrogens is 1. The Balaban J connectivity index is 1.70. The van der Waals surface area contributed by atoms with Crippen LogP contribution in [0.5, 0.6) is 0 Å². The van der Waals surface area contributed by atoms with E-state index in [2.05, 4.69) is 22.1 Å². The molecule has 0 fully saturated rings. The second-order valence-electron chi connectivity index (χ2n) is 4.78. The van der Waals surface area contributed by atoms with Crippen LogP contribution in [0.3, 0.4) is 0 Å². The summed E-state index contributed by atoms with van der Waals surface area (Å²) < 4.78 is 5.06. The summed E-state index contributed by atoms with van der Waals surface area (Å²) >= 11 is 1.04. The summed E-state index contributed by atoms with van der Waals surface area (Å²) in [6.45, 7) is 2.20. The number of aromatic carboxylic acids is 1. The lowest BCUT2D eigenvalue weighted by Crippen LogP contribution is -2.24. The Hall–Kier alpha value is -2.85. The van der Waals surface area contributed by atoms with Crippen LogP contribution in [-0.4, -0.2) is 28.7 Å². The van der Waals surface area contributed by atoms with Crippen molar-refractivity contribution in [3.05, 3.63) is 51.5 Å². The van der Waals surface area contributed by atoms with Gasteiger partial charge < -0.3 is 15.2 Å². The number of nitrogens with one attached hydrogen (secondary N) is 1. The number of ether oxygens (including phenoxy) is 1. The third-order valence-corrected chi connectivity index (χ3v) is 3.98. The molecule has 0 unspecified atom stereocenters. The number of hydrogen-bond donors (Lipinski definition) is 2. The molecule has 2 rings (SSSR count). The third kappa shape index (κ3) is 5.41. The number of hydrogen-bond acceptors (Lipinski definition) is 5. The maximum atomic E-state index is 11.5. The predicted molar refractivity (Wildman–Crippen MR) is 89.9 cm³/mol. The van der Waals surface area contributed by atoms with E-state index in [0.29, 0.717) is 23.7 Å². The molecule has 0 aliphatic rings. The molecule has 1 amide bonds. The Morgan fingerprint density at radius 3 is 2.75 bits per heavy atom. The highest BCUT2D eigenvalue weighted by Crippen LogP contribution is 2.16. The Kier molecular flexibility index (Phi) is 6.34. The molecule has 24 heavy (non-hydrogen) atoms. The third-order valence-electron chi connectivity index (χ3n) is 2.92. The fourth-order valence-electron chi connectivity index (χ4n) is 1.79. The highest BCUT2D eigenvalue weighted by molar-refractivity contribution is 7.14.